The van der Waals surface area contributed by atoms with Crippen LogP contribution in [0.3, 0.4) is 0 Å². The number of benzene rings is 1. The number of hydrogen-bond acceptors (Lipinski definition) is 3. The van der Waals surface area contributed by atoms with Crippen molar-refractivity contribution in [1.29, 1.82) is 0 Å². The summed E-state index contributed by atoms with van der Waals surface area (Å²) < 4.78 is 0. The van der Waals surface area contributed by atoms with Crippen molar-refractivity contribution >= 4 is 28.8 Å². The first-order valence-electron chi connectivity index (χ1n) is 7.98. The van der Waals surface area contributed by atoms with E-state index in [0.717, 1.165) is 49.0 Å². The van der Waals surface area contributed by atoms with E-state index in [1.807, 2.05) is 40.6 Å². The molecule has 2 aromatic rings. The molecule has 0 bridgehead atoms. The summed E-state index contributed by atoms with van der Waals surface area (Å²) in [6.07, 6.45) is 1.55. The Kier molecular flexibility index (Phi) is 5.70. The molecule has 1 saturated heterocycles. The van der Waals surface area contributed by atoms with Gasteiger partial charge in [-0.05, 0) is 35.6 Å². The lowest BCUT2D eigenvalue weighted by molar-refractivity contribution is -0.132. The van der Waals surface area contributed by atoms with Gasteiger partial charge in [0, 0.05) is 42.6 Å². The van der Waals surface area contributed by atoms with Gasteiger partial charge in [0.25, 0.3) is 0 Å². The van der Waals surface area contributed by atoms with Crippen molar-refractivity contribution in [3.8, 4) is 0 Å². The topological polar surface area (TPSA) is 23.6 Å². The molecule has 0 spiro atoms. The molecule has 2 heterocycles. The number of halogens is 1. The van der Waals surface area contributed by atoms with Crippen LogP contribution in [0.5, 0.6) is 0 Å². The Balaban J connectivity index is 1.42. The molecule has 3 nitrogen and oxygen atoms in total. The van der Waals surface area contributed by atoms with Gasteiger partial charge in [-0.25, -0.2) is 0 Å². The van der Waals surface area contributed by atoms with E-state index in [2.05, 4.69) is 11.0 Å². The lowest BCUT2D eigenvalue weighted by Crippen LogP contribution is -2.49. The van der Waals surface area contributed by atoms with E-state index in [9.17, 15) is 4.79 Å². The summed E-state index contributed by atoms with van der Waals surface area (Å²) in [7, 11) is 0. The first-order valence-corrected chi connectivity index (χ1v) is 9.23. The Morgan fingerprint density at radius 3 is 2.65 bits per heavy atom. The number of thiophene rings is 1. The van der Waals surface area contributed by atoms with Crippen LogP contribution in [0.25, 0.3) is 0 Å². The van der Waals surface area contributed by atoms with Crippen molar-refractivity contribution in [1.82, 2.24) is 9.80 Å². The minimum Gasteiger partial charge on any atom is -0.340 e. The van der Waals surface area contributed by atoms with Gasteiger partial charge in [0.2, 0.25) is 5.91 Å². The van der Waals surface area contributed by atoms with Crippen molar-refractivity contribution in [2.45, 2.75) is 12.8 Å². The molecule has 0 N–H and O–H groups in total. The SMILES string of the molecule is O=C(Cc1cccs1)N1CCN(CCc2cccc(Cl)c2)CC1. The normalized spacial score (nSPS) is 15.8. The monoisotopic (exact) mass is 348 g/mol. The quantitative estimate of drug-likeness (QED) is 0.827. The minimum absolute atomic E-state index is 0.252. The van der Waals surface area contributed by atoms with Crippen LogP contribution in [0.15, 0.2) is 41.8 Å². The van der Waals surface area contributed by atoms with E-state index in [1.54, 1.807) is 11.3 Å². The summed E-state index contributed by atoms with van der Waals surface area (Å²) in [4.78, 5) is 17.9. The van der Waals surface area contributed by atoms with Crippen LogP contribution >= 0.6 is 22.9 Å². The third-order valence-electron chi connectivity index (χ3n) is 4.24. The van der Waals surface area contributed by atoms with Gasteiger partial charge in [-0.15, -0.1) is 11.3 Å². The summed E-state index contributed by atoms with van der Waals surface area (Å²) in [6, 6.07) is 12.1. The van der Waals surface area contributed by atoms with Crippen LogP contribution in [0, 0.1) is 0 Å². The highest BCUT2D eigenvalue weighted by Crippen LogP contribution is 2.14. The van der Waals surface area contributed by atoms with Gasteiger partial charge in [0.1, 0.15) is 0 Å². The second-order valence-corrected chi connectivity index (χ2v) is 7.33. The van der Waals surface area contributed by atoms with Crippen LogP contribution < -0.4 is 0 Å². The zero-order chi connectivity index (χ0) is 16.1. The smallest absolute Gasteiger partial charge is 0.227 e. The van der Waals surface area contributed by atoms with Gasteiger partial charge in [0.05, 0.1) is 6.42 Å². The molecule has 1 aliphatic heterocycles. The fourth-order valence-corrected chi connectivity index (χ4v) is 3.78. The zero-order valence-electron chi connectivity index (χ0n) is 13.1. The molecule has 1 amide bonds. The van der Waals surface area contributed by atoms with Crippen molar-refractivity contribution < 1.29 is 4.79 Å². The Morgan fingerprint density at radius 2 is 1.96 bits per heavy atom. The molecule has 1 aromatic carbocycles. The highest BCUT2D eigenvalue weighted by Gasteiger charge is 2.21. The molecule has 1 fully saturated rings. The highest BCUT2D eigenvalue weighted by molar-refractivity contribution is 7.10. The van der Waals surface area contributed by atoms with Crippen LogP contribution in [-0.4, -0.2) is 48.4 Å². The summed E-state index contributed by atoms with van der Waals surface area (Å²) >= 11 is 7.68. The van der Waals surface area contributed by atoms with Gasteiger partial charge in [0.15, 0.2) is 0 Å². The molecule has 0 unspecified atom stereocenters. The van der Waals surface area contributed by atoms with Gasteiger partial charge in [-0.2, -0.15) is 0 Å². The maximum absolute atomic E-state index is 12.3. The van der Waals surface area contributed by atoms with Gasteiger partial charge in [-0.1, -0.05) is 29.8 Å². The number of amides is 1. The average Bonchev–Trinajstić information content (AvgIpc) is 3.06. The fraction of sp³-hybridized carbons (Fsp3) is 0.389. The number of carbonyl (C=O) groups is 1. The number of rotatable bonds is 5. The molecule has 1 aromatic heterocycles. The largest absolute Gasteiger partial charge is 0.340 e. The van der Waals surface area contributed by atoms with Crippen molar-refractivity contribution in [2.24, 2.45) is 0 Å². The van der Waals surface area contributed by atoms with E-state index < -0.39 is 0 Å². The fourth-order valence-electron chi connectivity index (χ4n) is 2.87. The third-order valence-corrected chi connectivity index (χ3v) is 5.35. The molecule has 3 rings (SSSR count). The number of hydrogen-bond donors (Lipinski definition) is 0. The van der Waals surface area contributed by atoms with Crippen molar-refractivity contribution in [3.63, 3.8) is 0 Å². The van der Waals surface area contributed by atoms with Gasteiger partial charge >= 0.3 is 0 Å². The number of nitrogens with zero attached hydrogens (tertiary/aromatic N) is 2. The molecular weight excluding hydrogens is 328 g/mol. The lowest BCUT2D eigenvalue weighted by atomic mass is 10.1. The van der Waals surface area contributed by atoms with Gasteiger partial charge in [-0.3, -0.25) is 9.69 Å². The molecule has 0 radical (unpaired) electrons. The van der Waals surface area contributed by atoms with Gasteiger partial charge < -0.3 is 4.90 Å². The number of carbonyl (C=O) groups excluding carboxylic acids is 1. The Hall–Kier alpha value is -1.36. The van der Waals surface area contributed by atoms with Crippen molar-refractivity contribution in [2.75, 3.05) is 32.7 Å². The standard InChI is InChI=1S/C18H21ClN2OS/c19-16-4-1-3-15(13-16)6-7-20-8-10-21(11-9-20)18(22)14-17-5-2-12-23-17/h1-5,12-13H,6-11,14H2. The lowest BCUT2D eigenvalue weighted by Gasteiger charge is -2.34. The predicted molar refractivity (Wildman–Crippen MR) is 96.2 cm³/mol. The van der Waals surface area contributed by atoms with Crippen LogP contribution in [0.4, 0.5) is 0 Å². The predicted octanol–water partition coefficient (Wildman–Crippen LogP) is 3.33. The summed E-state index contributed by atoms with van der Waals surface area (Å²) in [5.41, 5.74) is 1.27. The Labute approximate surface area is 146 Å². The summed E-state index contributed by atoms with van der Waals surface area (Å²) in [5, 5.41) is 2.82. The molecule has 23 heavy (non-hydrogen) atoms. The molecule has 0 atom stereocenters. The average molecular weight is 349 g/mol. The molecule has 1 aliphatic rings. The zero-order valence-corrected chi connectivity index (χ0v) is 14.7. The molecule has 5 heteroatoms. The van der Waals surface area contributed by atoms with Crippen LogP contribution in [0.1, 0.15) is 10.4 Å². The maximum atomic E-state index is 12.3. The molecule has 0 aliphatic carbocycles. The molecule has 0 saturated carbocycles. The summed E-state index contributed by atoms with van der Waals surface area (Å²) in [6.45, 7) is 4.60. The number of piperazine rings is 1. The van der Waals surface area contributed by atoms with E-state index in [0.29, 0.717) is 6.42 Å². The maximum Gasteiger partial charge on any atom is 0.227 e. The highest BCUT2D eigenvalue weighted by atomic mass is 35.5. The van der Waals surface area contributed by atoms with E-state index in [-0.39, 0.29) is 5.91 Å². The summed E-state index contributed by atoms with van der Waals surface area (Å²) in [5.74, 6) is 0.252. The second-order valence-electron chi connectivity index (χ2n) is 5.86. The molecule has 122 valence electrons. The first-order chi connectivity index (χ1) is 11.2. The Bertz CT molecular complexity index is 636. The van der Waals surface area contributed by atoms with Crippen LogP contribution in [0.2, 0.25) is 5.02 Å². The Morgan fingerprint density at radius 1 is 1.13 bits per heavy atom. The second kappa shape index (κ2) is 7.95. The van der Waals surface area contributed by atoms with Crippen LogP contribution in [-0.2, 0) is 17.6 Å². The van der Waals surface area contributed by atoms with E-state index >= 15 is 0 Å². The first kappa shape index (κ1) is 16.5. The van der Waals surface area contributed by atoms with Crippen molar-refractivity contribution in [3.05, 3.63) is 57.2 Å². The van der Waals surface area contributed by atoms with E-state index in [1.165, 1.54) is 5.56 Å². The third kappa shape index (κ3) is 4.80. The minimum atomic E-state index is 0.252. The molecular formula is C18H21ClN2OS. The van der Waals surface area contributed by atoms with E-state index in [4.69, 9.17) is 11.6 Å².